The van der Waals surface area contributed by atoms with Gasteiger partial charge in [0.25, 0.3) is 0 Å². The number of aliphatic imine (C=N–C) groups is 1. The summed E-state index contributed by atoms with van der Waals surface area (Å²) in [6.07, 6.45) is 0.825. The van der Waals surface area contributed by atoms with Gasteiger partial charge in [-0.2, -0.15) is 0 Å². The van der Waals surface area contributed by atoms with E-state index in [1.165, 1.54) is 0 Å². The van der Waals surface area contributed by atoms with E-state index in [4.69, 9.17) is 4.74 Å². The van der Waals surface area contributed by atoms with Crippen LogP contribution in [0.25, 0.3) is 0 Å². The smallest absolute Gasteiger partial charge is 0.227 e. The zero-order valence-electron chi connectivity index (χ0n) is 17.0. The number of carbonyl (C=O) groups excluding carboxylic acids is 1. The van der Waals surface area contributed by atoms with Crippen LogP contribution in [0.4, 0.5) is 5.69 Å². The molecule has 0 heterocycles. The normalized spacial score (nSPS) is 13.2. The van der Waals surface area contributed by atoms with Gasteiger partial charge in [0, 0.05) is 31.8 Å². The van der Waals surface area contributed by atoms with Crippen molar-refractivity contribution in [2.24, 2.45) is 10.9 Å². The van der Waals surface area contributed by atoms with E-state index >= 15 is 0 Å². The average molecular weight is 363 g/mol. The van der Waals surface area contributed by atoms with Gasteiger partial charge < -0.3 is 20.7 Å². The van der Waals surface area contributed by atoms with Gasteiger partial charge in [-0.05, 0) is 44.9 Å². The zero-order valence-corrected chi connectivity index (χ0v) is 17.0. The van der Waals surface area contributed by atoms with Crippen LogP contribution < -0.4 is 16.0 Å². The summed E-state index contributed by atoms with van der Waals surface area (Å²) in [5.41, 5.74) is 1.58. The molecule has 1 atom stereocenters. The first-order valence-corrected chi connectivity index (χ1v) is 9.28. The maximum Gasteiger partial charge on any atom is 0.227 e. The molecule has 0 aliphatic carbocycles. The first-order chi connectivity index (χ1) is 12.3. The molecule has 0 spiro atoms. The molecule has 1 amide bonds. The lowest BCUT2D eigenvalue weighted by molar-refractivity contribution is -0.119. The van der Waals surface area contributed by atoms with Gasteiger partial charge in [-0.25, -0.2) is 4.99 Å². The number of amides is 1. The molecule has 26 heavy (non-hydrogen) atoms. The number of hydrogen-bond acceptors (Lipinski definition) is 3. The highest BCUT2D eigenvalue weighted by Crippen LogP contribution is 2.14. The van der Waals surface area contributed by atoms with Crippen molar-refractivity contribution in [3.63, 3.8) is 0 Å². The maximum atomic E-state index is 12.0. The zero-order chi connectivity index (χ0) is 19.6. The van der Waals surface area contributed by atoms with Gasteiger partial charge in [0.15, 0.2) is 5.96 Å². The molecule has 1 aromatic rings. The van der Waals surface area contributed by atoms with Crippen LogP contribution in [0.3, 0.4) is 0 Å². The number of benzene rings is 1. The first kappa shape index (κ1) is 22.0. The fourth-order valence-corrected chi connectivity index (χ4v) is 2.08. The molecular weight excluding hydrogens is 328 g/mol. The number of nitrogens with one attached hydrogen (secondary N) is 3. The summed E-state index contributed by atoms with van der Waals surface area (Å²) in [5, 5.41) is 9.49. The lowest BCUT2D eigenvalue weighted by Crippen LogP contribution is -2.45. The molecule has 0 radical (unpaired) electrons. The average Bonchev–Trinajstić information content (AvgIpc) is 2.63. The summed E-state index contributed by atoms with van der Waals surface area (Å²) in [5.74, 6) is 0.794. The van der Waals surface area contributed by atoms with Crippen molar-refractivity contribution in [3.8, 4) is 0 Å². The van der Waals surface area contributed by atoms with Crippen molar-refractivity contribution in [1.82, 2.24) is 10.6 Å². The third-order valence-electron chi connectivity index (χ3n) is 4.25. The Morgan fingerprint density at radius 1 is 1.27 bits per heavy atom. The van der Waals surface area contributed by atoms with E-state index in [1.54, 1.807) is 7.11 Å². The van der Waals surface area contributed by atoms with Crippen LogP contribution in [0, 0.1) is 5.92 Å². The highest BCUT2D eigenvalue weighted by atomic mass is 16.5. The molecule has 0 aromatic heterocycles. The van der Waals surface area contributed by atoms with Crippen molar-refractivity contribution in [3.05, 3.63) is 29.8 Å². The number of ether oxygens (including phenoxy) is 1. The Morgan fingerprint density at radius 3 is 2.62 bits per heavy atom. The van der Waals surface area contributed by atoms with Crippen LogP contribution in [-0.4, -0.2) is 37.7 Å². The molecule has 1 rings (SSSR count). The highest BCUT2D eigenvalue weighted by molar-refractivity contribution is 5.92. The second-order valence-electron chi connectivity index (χ2n) is 7.01. The van der Waals surface area contributed by atoms with Gasteiger partial charge in [-0.1, -0.05) is 26.0 Å². The topological polar surface area (TPSA) is 74.8 Å². The van der Waals surface area contributed by atoms with Crippen LogP contribution in [0.15, 0.2) is 29.3 Å². The van der Waals surface area contributed by atoms with Gasteiger partial charge in [0.05, 0.1) is 12.1 Å². The van der Waals surface area contributed by atoms with Crippen molar-refractivity contribution in [2.45, 2.75) is 53.2 Å². The van der Waals surface area contributed by atoms with E-state index in [9.17, 15) is 4.79 Å². The first-order valence-electron chi connectivity index (χ1n) is 9.28. The number of hydrogen-bond donors (Lipinski definition) is 3. The molecular formula is C20H34N4O2. The molecule has 0 bridgehead atoms. The second kappa shape index (κ2) is 10.8. The minimum Gasteiger partial charge on any atom is -0.377 e. The van der Waals surface area contributed by atoms with Crippen LogP contribution in [0.2, 0.25) is 0 Å². The Hall–Kier alpha value is -2.08. The molecule has 0 aliphatic heterocycles. The van der Waals surface area contributed by atoms with Crippen molar-refractivity contribution >= 4 is 17.6 Å². The Kier molecular flexibility index (Phi) is 9.13. The predicted octanol–water partition coefficient (Wildman–Crippen LogP) is 3.15. The summed E-state index contributed by atoms with van der Waals surface area (Å²) < 4.78 is 5.42. The van der Waals surface area contributed by atoms with Crippen LogP contribution in [0.5, 0.6) is 0 Å². The quantitative estimate of drug-likeness (QED) is 0.466. The van der Waals surface area contributed by atoms with E-state index in [0.717, 1.165) is 30.2 Å². The maximum absolute atomic E-state index is 12.0. The molecule has 0 saturated carbocycles. The number of anilines is 1. The molecule has 146 valence electrons. The number of guanidine groups is 1. The largest absolute Gasteiger partial charge is 0.377 e. The van der Waals surface area contributed by atoms with Crippen molar-refractivity contribution in [2.75, 3.05) is 25.5 Å². The molecule has 6 nitrogen and oxygen atoms in total. The molecule has 6 heteroatoms. The SMILES string of the molecule is CCNC(=NCc1cccc(NC(=O)C(C)CC)c1)NCC(C)(C)OC. The minimum absolute atomic E-state index is 0.00497. The number of rotatable bonds is 9. The van der Waals surface area contributed by atoms with E-state index in [0.29, 0.717) is 13.1 Å². The summed E-state index contributed by atoms with van der Waals surface area (Å²) in [6, 6.07) is 7.81. The van der Waals surface area contributed by atoms with Gasteiger partial charge in [-0.15, -0.1) is 0 Å². The van der Waals surface area contributed by atoms with Gasteiger partial charge in [0.1, 0.15) is 0 Å². The predicted molar refractivity (Wildman–Crippen MR) is 108 cm³/mol. The Balaban J connectivity index is 2.74. The summed E-state index contributed by atoms with van der Waals surface area (Å²) in [7, 11) is 1.70. The summed E-state index contributed by atoms with van der Waals surface area (Å²) in [6.45, 7) is 12.0. The number of carbonyl (C=O) groups is 1. The van der Waals surface area contributed by atoms with Crippen LogP contribution in [-0.2, 0) is 16.1 Å². The fraction of sp³-hybridized carbons (Fsp3) is 0.600. The lowest BCUT2D eigenvalue weighted by Gasteiger charge is -2.24. The fourth-order valence-electron chi connectivity index (χ4n) is 2.08. The Bertz CT molecular complexity index is 599. The van der Waals surface area contributed by atoms with Gasteiger partial charge >= 0.3 is 0 Å². The van der Waals surface area contributed by atoms with Crippen LogP contribution in [0.1, 0.15) is 46.6 Å². The van der Waals surface area contributed by atoms with Gasteiger partial charge in [0.2, 0.25) is 5.91 Å². The Labute approximate surface area is 157 Å². The molecule has 1 aromatic carbocycles. The molecule has 0 saturated heterocycles. The molecule has 1 unspecified atom stereocenters. The van der Waals surface area contributed by atoms with E-state index in [1.807, 2.05) is 58.9 Å². The van der Waals surface area contributed by atoms with E-state index < -0.39 is 0 Å². The standard InChI is InChI=1S/C20H34N4O2/c1-7-15(3)18(25)24-17-11-9-10-16(12-17)13-22-19(21-8-2)23-14-20(4,5)26-6/h9-12,15H,7-8,13-14H2,1-6H3,(H,24,25)(H2,21,22,23). The second-order valence-corrected chi connectivity index (χ2v) is 7.01. The number of nitrogens with zero attached hydrogens (tertiary/aromatic N) is 1. The highest BCUT2D eigenvalue weighted by Gasteiger charge is 2.16. The molecule has 3 N–H and O–H groups in total. The third-order valence-corrected chi connectivity index (χ3v) is 4.25. The third kappa shape index (κ3) is 7.87. The van der Waals surface area contributed by atoms with E-state index in [2.05, 4.69) is 20.9 Å². The number of methoxy groups -OCH3 is 1. The lowest BCUT2D eigenvalue weighted by atomic mass is 10.1. The summed E-state index contributed by atoms with van der Waals surface area (Å²) in [4.78, 5) is 16.7. The van der Waals surface area contributed by atoms with Crippen molar-refractivity contribution in [1.29, 1.82) is 0 Å². The Morgan fingerprint density at radius 2 is 2.00 bits per heavy atom. The van der Waals surface area contributed by atoms with Gasteiger partial charge in [-0.3, -0.25) is 4.79 Å². The summed E-state index contributed by atoms with van der Waals surface area (Å²) >= 11 is 0. The minimum atomic E-state index is -0.267. The van der Waals surface area contributed by atoms with E-state index in [-0.39, 0.29) is 17.4 Å². The monoisotopic (exact) mass is 362 g/mol. The van der Waals surface area contributed by atoms with Crippen LogP contribution >= 0.6 is 0 Å². The molecule has 0 fully saturated rings. The van der Waals surface area contributed by atoms with Crippen molar-refractivity contribution < 1.29 is 9.53 Å². The molecule has 0 aliphatic rings.